The van der Waals surface area contributed by atoms with Crippen LogP contribution < -0.4 is 0 Å². The lowest BCUT2D eigenvalue weighted by atomic mass is 9.74. The molecule has 0 aromatic carbocycles. The van der Waals surface area contributed by atoms with Crippen molar-refractivity contribution in [3.8, 4) is 0 Å². The Morgan fingerprint density at radius 3 is 3.19 bits per heavy atom. The Bertz CT molecular complexity index is 383. The lowest BCUT2D eigenvalue weighted by Crippen LogP contribution is -2.37. The fourth-order valence-electron chi connectivity index (χ4n) is 2.33. The first-order valence-corrected chi connectivity index (χ1v) is 6.80. The van der Waals surface area contributed by atoms with Gasteiger partial charge in [0.2, 0.25) is 0 Å². The van der Waals surface area contributed by atoms with Gasteiger partial charge in [0, 0.05) is 4.88 Å². The zero-order valence-corrected chi connectivity index (χ0v) is 10.7. The number of hydrogen-bond acceptors (Lipinski definition) is 3. The van der Waals surface area contributed by atoms with Gasteiger partial charge in [-0.25, -0.2) is 0 Å². The summed E-state index contributed by atoms with van der Waals surface area (Å²) >= 11 is 1.76. The van der Waals surface area contributed by atoms with Gasteiger partial charge in [0.05, 0.1) is 12.0 Å². The molecule has 1 aromatic rings. The molecule has 0 fully saturated rings. The fourth-order valence-corrected chi connectivity index (χ4v) is 3.38. The molecule has 3 heteroatoms. The van der Waals surface area contributed by atoms with Crippen LogP contribution in [0.2, 0.25) is 0 Å². The Hall–Kier alpha value is -0.830. The van der Waals surface area contributed by atoms with E-state index >= 15 is 0 Å². The summed E-state index contributed by atoms with van der Waals surface area (Å²) in [7, 11) is 0. The number of thiophene rings is 1. The van der Waals surface area contributed by atoms with Gasteiger partial charge in [0.25, 0.3) is 0 Å². The monoisotopic (exact) mass is 238 g/mol. The van der Waals surface area contributed by atoms with Gasteiger partial charge in [-0.3, -0.25) is 4.79 Å². The van der Waals surface area contributed by atoms with Crippen LogP contribution in [-0.4, -0.2) is 12.6 Å². The van der Waals surface area contributed by atoms with Crippen molar-refractivity contribution < 1.29 is 9.53 Å². The number of esters is 1. The summed E-state index contributed by atoms with van der Waals surface area (Å²) < 4.78 is 5.33. The highest BCUT2D eigenvalue weighted by molar-refractivity contribution is 7.10. The number of fused-ring (bicyclic) bond motifs is 1. The van der Waals surface area contributed by atoms with Gasteiger partial charge in [-0.15, -0.1) is 11.3 Å². The van der Waals surface area contributed by atoms with E-state index < -0.39 is 5.41 Å². The second kappa shape index (κ2) is 4.58. The average Bonchev–Trinajstić information content (AvgIpc) is 2.75. The number of carbonyl (C=O) groups excluding carboxylic acids is 1. The minimum absolute atomic E-state index is 0.0475. The summed E-state index contributed by atoms with van der Waals surface area (Å²) in [5.74, 6) is -0.0475. The zero-order valence-electron chi connectivity index (χ0n) is 9.91. The number of hydrogen-bond donors (Lipinski definition) is 0. The van der Waals surface area contributed by atoms with E-state index in [1.807, 2.05) is 13.8 Å². The summed E-state index contributed by atoms with van der Waals surface area (Å²) in [5, 5.41) is 2.08. The first-order chi connectivity index (χ1) is 7.68. The van der Waals surface area contributed by atoms with Gasteiger partial charge in [-0.1, -0.05) is 6.92 Å². The normalized spacial score (nSPS) is 23.9. The maximum absolute atomic E-state index is 12.1. The maximum atomic E-state index is 12.1. The summed E-state index contributed by atoms with van der Waals surface area (Å²) in [6.45, 7) is 4.58. The minimum Gasteiger partial charge on any atom is -0.465 e. The van der Waals surface area contributed by atoms with Crippen molar-refractivity contribution in [1.29, 1.82) is 0 Å². The highest BCUT2D eigenvalue weighted by Crippen LogP contribution is 2.40. The molecular weight excluding hydrogens is 220 g/mol. The Morgan fingerprint density at radius 2 is 2.44 bits per heavy atom. The Labute approximate surface area is 101 Å². The van der Waals surface area contributed by atoms with Crippen LogP contribution in [0.25, 0.3) is 0 Å². The van der Waals surface area contributed by atoms with Crippen molar-refractivity contribution in [2.45, 2.75) is 44.9 Å². The molecular formula is C13H18O2S. The molecule has 2 nitrogen and oxygen atoms in total. The highest BCUT2D eigenvalue weighted by Gasteiger charge is 2.40. The molecule has 1 aromatic heterocycles. The summed E-state index contributed by atoms with van der Waals surface area (Å²) in [6, 6.07) is 2.09. The van der Waals surface area contributed by atoms with Crippen molar-refractivity contribution in [3.63, 3.8) is 0 Å². The minimum atomic E-state index is -0.400. The molecule has 1 aliphatic carbocycles. The van der Waals surface area contributed by atoms with E-state index in [2.05, 4.69) is 11.4 Å². The molecule has 88 valence electrons. The highest BCUT2D eigenvalue weighted by atomic mass is 32.1. The van der Waals surface area contributed by atoms with Crippen LogP contribution in [0.3, 0.4) is 0 Å². The van der Waals surface area contributed by atoms with Crippen LogP contribution in [0.4, 0.5) is 0 Å². The van der Waals surface area contributed by atoms with E-state index in [0.29, 0.717) is 6.61 Å². The van der Waals surface area contributed by atoms with Crippen molar-refractivity contribution in [3.05, 3.63) is 21.9 Å². The quantitative estimate of drug-likeness (QED) is 0.755. The molecule has 0 aliphatic heterocycles. The number of carbonyl (C=O) groups is 1. The molecule has 1 aliphatic rings. The largest absolute Gasteiger partial charge is 0.465 e. The molecule has 0 saturated carbocycles. The molecule has 0 radical (unpaired) electrons. The van der Waals surface area contributed by atoms with Crippen LogP contribution >= 0.6 is 11.3 Å². The van der Waals surface area contributed by atoms with E-state index in [4.69, 9.17) is 4.74 Å². The molecule has 0 spiro atoms. The van der Waals surface area contributed by atoms with Crippen LogP contribution in [-0.2, 0) is 21.4 Å². The molecule has 1 atom stereocenters. The third-order valence-electron chi connectivity index (χ3n) is 3.31. The Balaban J connectivity index is 2.23. The first-order valence-electron chi connectivity index (χ1n) is 5.92. The third-order valence-corrected chi connectivity index (χ3v) is 4.29. The van der Waals surface area contributed by atoms with Crippen LogP contribution in [0, 0.1) is 0 Å². The van der Waals surface area contributed by atoms with E-state index in [1.165, 1.54) is 10.4 Å². The van der Waals surface area contributed by atoms with Crippen molar-refractivity contribution >= 4 is 17.3 Å². The molecule has 0 N–H and O–H groups in total. The van der Waals surface area contributed by atoms with Gasteiger partial charge in [0.15, 0.2) is 0 Å². The van der Waals surface area contributed by atoms with Crippen molar-refractivity contribution in [2.24, 2.45) is 0 Å². The molecule has 1 heterocycles. The number of ether oxygens (including phenoxy) is 1. The standard InChI is InChI=1S/C13H18O2S/c1-3-8-15-12(14)13(2)7-4-5-11-10(13)6-9-16-11/h6,9H,3-5,7-8H2,1-2H3. The van der Waals surface area contributed by atoms with Crippen LogP contribution in [0.5, 0.6) is 0 Å². The second-order valence-electron chi connectivity index (χ2n) is 4.58. The predicted octanol–water partition coefficient (Wildman–Crippen LogP) is 3.30. The van der Waals surface area contributed by atoms with Gasteiger partial charge in [0.1, 0.15) is 0 Å². The molecule has 0 amide bonds. The van der Waals surface area contributed by atoms with Gasteiger partial charge < -0.3 is 4.74 Å². The zero-order chi connectivity index (χ0) is 11.6. The second-order valence-corrected chi connectivity index (χ2v) is 5.58. The average molecular weight is 238 g/mol. The smallest absolute Gasteiger partial charge is 0.316 e. The van der Waals surface area contributed by atoms with E-state index in [-0.39, 0.29) is 5.97 Å². The Kier molecular flexibility index (Phi) is 3.33. The van der Waals surface area contributed by atoms with Crippen LogP contribution in [0.15, 0.2) is 11.4 Å². The maximum Gasteiger partial charge on any atom is 0.316 e. The van der Waals surface area contributed by atoms with E-state index in [1.54, 1.807) is 11.3 Å². The SMILES string of the molecule is CCCOC(=O)C1(C)CCCc2sccc21. The fraction of sp³-hybridized carbons (Fsp3) is 0.615. The van der Waals surface area contributed by atoms with Gasteiger partial charge >= 0.3 is 5.97 Å². The molecule has 1 unspecified atom stereocenters. The summed E-state index contributed by atoms with van der Waals surface area (Å²) in [5.41, 5.74) is 0.799. The summed E-state index contributed by atoms with van der Waals surface area (Å²) in [6.07, 6.45) is 4.01. The van der Waals surface area contributed by atoms with Gasteiger partial charge in [-0.2, -0.15) is 0 Å². The lowest BCUT2D eigenvalue weighted by Gasteiger charge is -2.31. The molecule has 16 heavy (non-hydrogen) atoms. The molecule has 0 bridgehead atoms. The molecule has 2 rings (SSSR count). The van der Waals surface area contributed by atoms with E-state index in [0.717, 1.165) is 25.7 Å². The van der Waals surface area contributed by atoms with E-state index in [9.17, 15) is 4.79 Å². The predicted molar refractivity (Wildman–Crippen MR) is 65.9 cm³/mol. The summed E-state index contributed by atoms with van der Waals surface area (Å²) in [4.78, 5) is 13.5. The Morgan fingerprint density at radius 1 is 1.62 bits per heavy atom. The number of rotatable bonds is 3. The topological polar surface area (TPSA) is 26.3 Å². The molecule has 0 saturated heterocycles. The van der Waals surface area contributed by atoms with Crippen LogP contribution in [0.1, 0.15) is 43.6 Å². The van der Waals surface area contributed by atoms with Gasteiger partial charge in [-0.05, 0) is 49.6 Å². The lowest BCUT2D eigenvalue weighted by molar-refractivity contribution is -0.150. The van der Waals surface area contributed by atoms with Crippen molar-refractivity contribution in [1.82, 2.24) is 0 Å². The van der Waals surface area contributed by atoms with Crippen molar-refractivity contribution in [2.75, 3.05) is 6.61 Å². The first kappa shape index (κ1) is 11.6. The third kappa shape index (κ3) is 1.88. The number of aryl methyl sites for hydroxylation is 1.